The molecule has 0 saturated carbocycles. The molecule has 0 spiro atoms. The van der Waals surface area contributed by atoms with Crippen molar-refractivity contribution in [1.29, 1.82) is 0 Å². The molecule has 134 valence electrons. The summed E-state index contributed by atoms with van der Waals surface area (Å²) in [6.07, 6.45) is -0.272. The number of nitrogen functional groups attached to an aromatic ring is 1. The number of ether oxygens (including phenoxy) is 1. The number of carbonyl (C=O) groups excluding carboxylic acids is 1. The van der Waals surface area contributed by atoms with Crippen molar-refractivity contribution in [3.05, 3.63) is 29.5 Å². The van der Waals surface area contributed by atoms with Gasteiger partial charge < -0.3 is 15.8 Å². The van der Waals surface area contributed by atoms with Crippen LogP contribution in [-0.2, 0) is 10.9 Å². The molecular formula is C16H22F3N3O2. The van der Waals surface area contributed by atoms with Gasteiger partial charge in [0, 0.05) is 12.2 Å². The summed E-state index contributed by atoms with van der Waals surface area (Å²) in [6.45, 7) is 7.02. The zero-order valence-corrected chi connectivity index (χ0v) is 14.1. The van der Waals surface area contributed by atoms with Crippen molar-refractivity contribution in [2.45, 2.75) is 51.9 Å². The number of hydrogen-bond donors (Lipinski definition) is 2. The van der Waals surface area contributed by atoms with E-state index in [1.165, 1.54) is 12.3 Å². The van der Waals surface area contributed by atoms with E-state index in [4.69, 9.17) is 10.5 Å². The van der Waals surface area contributed by atoms with Crippen molar-refractivity contribution >= 4 is 18.0 Å². The van der Waals surface area contributed by atoms with Gasteiger partial charge in [-0.3, -0.25) is 0 Å². The molecule has 0 aromatic carbocycles. The van der Waals surface area contributed by atoms with Crippen LogP contribution in [0.2, 0.25) is 0 Å². The fraction of sp³-hybridized carbons (Fsp3) is 0.500. The predicted octanol–water partition coefficient (Wildman–Crippen LogP) is 4.00. The van der Waals surface area contributed by atoms with E-state index >= 15 is 0 Å². The van der Waals surface area contributed by atoms with Crippen LogP contribution in [-0.4, -0.2) is 22.7 Å². The highest BCUT2D eigenvalue weighted by atomic mass is 19.4. The van der Waals surface area contributed by atoms with Crippen LogP contribution in [0.5, 0.6) is 0 Å². The van der Waals surface area contributed by atoms with Gasteiger partial charge in [0.25, 0.3) is 0 Å². The number of carbonyl (C=O) groups is 1. The van der Waals surface area contributed by atoms with Gasteiger partial charge in [0.15, 0.2) is 0 Å². The average molecular weight is 345 g/mol. The second-order valence-electron chi connectivity index (χ2n) is 6.38. The molecule has 1 heterocycles. The molecule has 0 radical (unpaired) electrons. The monoisotopic (exact) mass is 345 g/mol. The Morgan fingerprint density at radius 3 is 2.58 bits per heavy atom. The third kappa shape index (κ3) is 6.89. The summed E-state index contributed by atoms with van der Waals surface area (Å²) in [6, 6.07) is 0.699. The van der Waals surface area contributed by atoms with Gasteiger partial charge in [-0.1, -0.05) is 12.2 Å². The van der Waals surface area contributed by atoms with Crippen LogP contribution >= 0.6 is 0 Å². The zero-order chi connectivity index (χ0) is 18.5. The van der Waals surface area contributed by atoms with Crippen LogP contribution in [0.25, 0.3) is 6.08 Å². The number of alkyl halides is 3. The van der Waals surface area contributed by atoms with Crippen molar-refractivity contribution in [2.24, 2.45) is 0 Å². The SMILES string of the molecule is C[C@@H](C/C=C/c1cnc(N)c(C(F)(F)F)c1)NC(=O)OC(C)(C)C. The molecule has 0 fully saturated rings. The fourth-order valence-electron chi connectivity index (χ4n) is 1.79. The molecule has 3 N–H and O–H groups in total. The van der Waals surface area contributed by atoms with Gasteiger partial charge in [0.2, 0.25) is 0 Å². The van der Waals surface area contributed by atoms with Gasteiger partial charge in [0.1, 0.15) is 11.4 Å². The van der Waals surface area contributed by atoms with Crippen LogP contribution in [0.4, 0.5) is 23.8 Å². The minimum Gasteiger partial charge on any atom is -0.444 e. The maximum Gasteiger partial charge on any atom is 0.419 e. The van der Waals surface area contributed by atoms with Crippen LogP contribution < -0.4 is 11.1 Å². The number of rotatable bonds is 4. The van der Waals surface area contributed by atoms with Crippen LogP contribution in [0.1, 0.15) is 45.2 Å². The zero-order valence-electron chi connectivity index (χ0n) is 14.1. The highest BCUT2D eigenvalue weighted by molar-refractivity contribution is 5.68. The Morgan fingerprint density at radius 1 is 1.42 bits per heavy atom. The number of nitrogens with one attached hydrogen (secondary N) is 1. The summed E-state index contributed by atoms with van der Waals surface area (Å²) < 4.78 is 43.4. The van der Waals surface area contributed by atoms with E-state index < -0.39 is 29.3 Å². The molecule has 0 unspecified atom stereocenters. The van der Waals surface area contributed by atoms with Gasteiger partial charge >= 0.3 is 12.3 Å². The summed E-state index contributed by atoms with van der Waals surface area (Å²) in [5.74, 6) is -0.556. The van der Waals surface area contributed by atoms with E-state index in [0.717, 1.165) is 6.07 Å². The molecule has 0 aliphatic rings. The van der Waals surface area contributed by atoms with Gasteiger partial charge in [-0.05, 0) is 45.7 Å². The Balaban J connectivity index is 2.63. The Bertz CT molecular complexity index is 608. The van der Waals surface area contributed by atoms with Crippen molar-refractivity contribution < 1.29 is 22.7 Å². The number of hydrogen-bond acceptors (Lipinski definition) is 4. The van der Waals surface area contributed by atoms with E-state index in [9.17, 15) is 18.0 Å². The third-order valence-corrected chi connectivity index (χ3v) is 2.81. The minimum absolute atomic E-state index is 0.236. The lowest BCUT2D eigenvalue weighted by molar-refractivity contribution is -0.137. The topological polar surface area (TPSA) is 77.2 Å². The summed E-state index contributed by atoms with van der Waals surface area (Å²) in [7, 11) is 0. The Labute approximate surface area is 139 Å². The van der Waals surface area contributed by atoms with E-state index in [2.05, 4.69) is 10.3 Å². The standard InChI is InChI=1S/C16H22F3N3O2/c1-10(22-14(23)24-15(2,3)4)6-5-7-11-8-12(16(17,18)19)13(20)21-9-11/h5,7-10H,6H2,1-4H3,(H2,20,21)(H,22,23)/b7-5+/t10-/m0/s1. The number of alkyl carbamates (subject to hydrolysis) is 1. The second kappa shape index (κ2) is 7.55. The largest absolute Gasteiger partial charge is 0.444 e. The molecule has 1 aromatic heterocycles. The Kier molecular flexibility index (Phi) is 6.22. The lowest BCUT2D eigenvalue weighted by Crippen LogP contribution is -2.37. The first-order valence-corrected chi connectivity index (χ1v) is 7.37. The minimum atomic E-state index is -4.55. The van der Waals surface area contributed by atoms with Gasteiger partial charge in [0.05, 0.1) is 5.56 Å². The van der Waals surface area contributed by atoms with E-state index in [1.807, 2.05) is 0 Å². The number of pyridine rings is 1. The van der Waals surface area contributed by atoms with Crippen LogP contribution in [0.15, 0.2) is 18.3 Å². The first-order valence-electron chi connectivity index (χ1n) is 7.37. The number of halogens is 3. The summed E-state index contributed by atoms with van der Waals surface area (Å²) in [5.41, 5.74) is 3.96. The van der Waals surface area contributed by atoms with Crippen molar-refractivity contribution in [3.63, 3.8) is 0 Å². The maximum atomic E-state index is 12.8. The van der Waals surface area contributed by atoms with Crippen molar-refractivity contribution in [2.75, 3.05) is 5.73 Å². The molecule has 1 atom stereocenters. The predicted molar refractivity (Wildman–Crippen MR) is 86.1 cm³/mol. The summed E-state index contributed by atoms with van der Waals surface area (Å²) in [5, 5.41) is 2.64. The van der Waals surface area contributed by atoms with Gasteiger partial charge in [-0.25, -0.2) is 9.78 Å². The highest BCUT2D eigenvalue weighted by Crippen LogP contribution is 2.33. The number of nitrogens with two attached hydrogens (primary N) is 1. The molecule has 1 amide bonds. The van der Waals surface area contributed by atoms with Crippen molar-refractivity contribution in [1.82, 2.24) is 10.3 Å². The molecule has 0 saturated heterocycles. The molecule has 5 nitrogen and oxygen atoms in total. The third-order valence-electron chi connectivity index (χ3n) is 2.81. The number of anilines is 1. The molecule has 1 aromatic rings. The summed E-state index contributed by atoms with van der Waals surface area (Å²) >= 11 is 0. The highest BCUT2D eigenvalue weighted by Gasteiger charge is 2.33. The maximum absolute atomic E-state index is 12.8. The number of amides is 1. The molecule has 8 heteroatoms. The lowest BCUT2D eigenvalue weighted by Gasteiger charge is -2.21. The molecule has 0 aliphatic heterocycles. The average Bonchev–Trinajstić information content (AvgIpc) is 2.36. The molecule has 1 rings (SSSR count). The number of nitrogens with zero attached hydrogens (tertiary/aromatic N) is 1. The number of aromatic nitrogens is 1. The summed E-state index contributed by atoms with van der Waals surface area (Å²) in [4.78, 5) is 15.1. The smallest absolute Gasteiger partial charge is 0.419 e. The first-order chi connectivity index (χ1) is 10.9. The fourth-order valence-corrected chi connectivity index (χ4v) is 1.79. The van der Waals surface area contributed by atoms with Crippen LogP contribution in [0.3, 0.4) is 0 Å². The van der Waals surface area contributed by atoms with Gasteiger partial charge in [-0.2, -0.15) is 13.2 Å². The van der Waals surface area contributed by atoms with Crippen molar-refractivity contribution in [3.8, 4) is 0 Å². The Morgan fingerprint density at radius 2 is 2.04 bits per heavy atom. The quantitative estimate of drug-likeness (QED) is 0.865. The normalized spacial score (nSPS) is 13.8. The van der Waals surface area contributed by atoms with E-state index in [1.54, 1.807) is 33.8 Å². The van der Waals surface area contributed by atoms with E-state index in [0.29, 0.717) is 6.42 Å². The van der Waals surface area contributed by atoms with E-state index in [-0.39, 0.29) is 11.6 Å². The second-order valence-corrected chi connectivity index (χ2v) is 6.38. The first kappa shape index (κ1) is 19.8. The van der Waals surface area contributed by atoms with Crippen LogP contribution in [0, 0.1) is 0 Å². The molecule has 24 heavy (non-hydrogen) atoms. The Hall–Kier alpha value is -2.25. The molecule has 0 aliphatic carbocycles. The molecule has 0 bridgehead atoms. The lowest BCUT2D eigenvalue weighted by atomic mass is 10.1. The molecular weight excluding hydrogens is 323 g/mol. The van der Waals surface area contributed by atoms with Gasteiger partial charge in [-0.15, -0.1) is 0 Å².